The Labute approximate surface area is 97.8 Å². The SMILES string of the molecule is CCC(N)CC(=O)N1CCN(C2CC2)CC1. The molecule has 0 bridgehead atoms. The molecular weight excluding hydrogens is 202 g/mol. The van der Waals surface area contributed by atoms with Crippen molar-refractivity contribution in [1.82, 2.24) is 9.80 Å². The lowest BCUT2D eigenvalue weighted by Crippen LogP contribution is -2.50. The van der Waals surface area contributed by atoms with E-state index in [0.29, 0.717) is 6.42 Å². The topological polar surface area (TPSA) is 49.6 Å². The molecule has 16 heavy (non-hydrogen) atoms. The van der Waals surface area contributed by atoms with Gasteiger partial charge in [-0.2, -0.15) is 0 Å². The standard InChI is InChI=1S/C12H23N3O/c1-2-10(13)9-12(16)15-7-5-14(6-8-15)11-3-4-11/h10-11H,2-9,13H2,1H3. The highest BCUT2D eigenvalue weighted by atomic mass is 16.2. The van der Waals surface area contributed by atoms with E-state index in [1.807, 2.05) is 11.8 Å². The minimum atomic E-state index is 0.0361. The summed E-state index contributed by atoms with van der Waals surface area (Å²) in [5.74, 6) is 0.241. The Bertz CT molecular complexity index is 245. The van der Waals surface area contributed by atoms with Crippen LogP contribution in [0, 0.1) is 0 Å². The molecule has 1 unspecified atom stereocenters. The molecule has 2 aliphatic rings. The summed E-state index contributed by atoms with van der Waals surface area (Å²) in [4.78, 5) is 16.4. The first-order chi connectivity index (χ1) is 7.70. The first kappa shape index (κ1) is 11.9. The van der Waals surface area contributed by atoms with Crippen LogP contribution in [0.3, 0.4) is 0 Å². The van der Waals surface area contributed by atoms with Gasteiger partial charge >= 0.3 is 0 Å². The number of carbonyl (C=O) groups is 1. The first-order valence-electron chi connectivity index (χ1n) is 6.48. The maximum absolute atomic E-state index is 11.9. The van der Waals surface area contributed by atoms with Crippen molar-refractivity contribution in [3.8, 4) is 0 Å². The summed E-state index contributed by atoms with van der Waals surface area (Å²) in [6, 6.07) is 0.865. The van der Waals surface area contributed by atoms with E-state index in [0.717, 1.165) is 38.6 Å². The summed E-state index contributed by atoms with van der Waals surface area (Å²) in [6.45, 7) is 5.93. The van der Waals surface area contributed by atoms with E-state index >= 15 is 0 Å². The fourth-order valence-corrected chi connectivity index (χ4v) is 2.27. The smallest absolute Gasteiger partial charge is 0.224 e. The molecule has 4 heteroatoms. The summed E-state index contributed by atoms with van der Waals surface area (Å²) in [7, 11) is 0. The molecule has 1 atom stereocenters. The molecule has 0 aromatic rings. The Morgan fingerprint density at radius 2 is 1.94 bits per heavy atom. The van der Waals surface area contributed by atoms with Crippen molar-refractivity contribution in [3.63, 3.8) is 0 Å². The molecule has 4 nitrogen and oxygen atoms in total. The van der Waals surface area contributed by atoms with Gasteiger partial charge in [-0.05, 0) is 19.3 Å². The van der Waals surface area contributed by atoms with Crippen LogP contribution in [0.2, 0.25) is 0 Å². The summed E-state index contributed by atoms with van der Waals surface area (Å²) in [6.07, 6.45) is 4.11. The minimum absolute atomic E-state index is 0.0361. The van der Waals surface area contributed by atoms with Gasteiger partial charge in [0.1, 0.15) is 0 Å². The quantitative estimate of drug-likeness (QED) is 0.754. The minimum Gasteiger partial charge on any atom is -0.340 e. The van der Waals surface area contributed by atoms with Crippen LogP contribution < -0.4 is 5.73 Å². The fourth-order valence-electron chi connectivity index (χ4n) is 2.27. The largest absolute Gasteiger partial charge is 0.340 e. The fraction of sp³-hybridized carbons (Fsp3) is 0.917. The van der Waals surface area contributed by atoms with Gasteiger partial charge < -0.3 is 10.6 Å². The van der Waals surface area contributed by atoms with Crippen molar-refractivity contribution < 1.29 is 4.79 Å². The molecule has 1 saturated carbocycles. The number of hydrogen-bond acceptors (Lipinski definition) is 3. The maximum atomic E-state index is 11.9. The lowest BCUT2D eigenvalue weighted by atomic mass is 10.1. The third kappa shape index (κ3) is 2.95. The molecule has 2 fully saturated rings. The van der Waals surface area contributed by atoms with Crippen LogP contribution in [-0.4, -0.2) is 54.0 Å². The summed E-state index contributed by atoms with van der Waals surface area (Å²) < 4.78 is 0. The predicted octanol–water partition coefficient (Wildman–Crippen LogP) is 0.420. The number of rotatable bonds is 4. The van der Waals surface area contributed by atoms with Gasteiger partial charge in [0.2, 0.25) is 5.91 Å². The van der Waals surface area contributed by atoms with E-state index in [-0.39, 0.29) is 11.9 Å². The van der Waals surface area contributed by atoms with E-state index in [1.165, 1.54) is 12.8 Å². The van der Waals surface area contributed by atoms with Gasteiger partial charge in [0.25, 0.3) is 0 Å². The van der Waals surface area contributed by atoms with E-state index in [2.05, 4.69) is 4.90 Å². The van der Waals surface area contributed by atoms with Crippen molar-refractivity contribution >= 4 is 5.91 Å². The molecule has 92 valence electrons. The second-order valence-corrected chi connectivity index (χ2v) is 5.02. The molecule has 0 aromatic heterocycles. The van der Waals surface area contributed by atoms with E-state index in [4.69, 9.17) is 5.73 Å². The highest BCUT2D eigenvalue weighted by Crippen LogP contribution is 2.27. The van der Waals surface area contributed by atoms with Gasteiger partial charge in [-0.1, -0.05) is 6.92 Å². The summed E-state index contributed by atoms with van der Waals surface area (Å²) in [5.41, 5.74) is 5.81. The van der Waals surface area contributed by atoms with Gasteiger partial charge in [0, 0.05) is 44.7 Å². The third-order valence-electron chi connectivity index (χ3n) is 3.69. The van der Waals surface area contributed by atoms with Crippen LogP contribution in [-0.2, 0) is 4.79 Å². The molecule has 1 aliphatic heterocycles. The predicted molar refractivity (Wildman–Crippen MR) is 64.1 cm³/mol. The second-order valence-electron chi connectivity index (χ2n) is 5.02. The Kier molecular flexibility index (Phi) is 3.82. The van der Waals surface area contributed by atoms with Crippen LogP contribution in [0.15, 0.2) is 0 Å². The lowest BCUT2D eigenvalue weighted by molar-refractivity contribution is -0.133. The van der Waals surface area contributed by atoms with Crippen molar-refractivity contribution in [2.24, 2.45) is 5.73 Å². The van der Waals surface area contributed by atoms with Crippen molar-refractivity contribution in [3.05, 3.63) is 0 Å². The summed E-state index contributed by atoms with van der Waals surface area (Å²) in [5, 5.41) is 0. The van der Waals surface area contributed by atoms with Crippen molar-refractivity contribution in [2.75, 3.05) is 26.2 Å². The number of carbonyl (C=O) groups excluding carboxylic acids is 1. The molecular formula is C12H23N3O. The Morgan fingerprint density at radius 3 is 2.44 bits per heavy atom. The normalized spacial score (nSPS) is 24.5. The number of nitrogens with zero attached hydrogens (tertiary/aromatic N) is 2. The molecule has 0 aromatic carbocycles. The van der Waals surface area contributed by atoms with E-state index in [1.54, 1.807) is 0 Å². The third-order valence-corrected chi connectivity index (χ3v) is 3.69. The van der Waals surface area contributed by atoms with Crippen LogP contribution in [0.1, 0.15) is 32.6 Å². The molecule has 1 heterocycles. The second kappa shape index (κ2) is 5.15. The number of nitrogens with two attached hydrogens (primary N) is 1. The maximum Gasteiger partial charge on any atom is 0.224 e. The molecule has 1 saturated heterocycles. The average Bonchev–Trinajstić information content (AvgIpc) is 3.13. The zero-order valence-electron chi connectivity index (χ0n) is 10.2. The van der Waals surface area contributed by atoms with Crippen molar-refractivity contribution in [2.45, 2.75) is 44.7 Å². The van der Waals surface area contributed by atoms with Gasteiger partial charge in [0.15, 0.2) is 0 Å². The molecule has 2 N–H and O–H groups in total. The number of hydrogen-bond donors (Lipinski definition) is 1. The highest BCUT2D eigenvalue weighted by Gasteiger charge is 2.32. The molecule has 0 radical (unpaired) electrons. The zero-order valence-corrected chi connectivity index (χ0v) is 10.2. The molecule has 0 spiro atoms. The average molecular weight is 225 g/mol. The van der Waals surface area contributed by atoms with Gasteiger partial charge in [-0.15, -0.1) is 0 Å². The molecule has 1 aliphatic carbocycles. The van der Waals surface area contributed by atoms with Gasteiger partial charge in [0.05, 0.1) is 0 Å². The Morgan fingerprint density at radius 1 is 1.31 bits per heavy atom. The highest BCUT2D eigenvalue weighted by molar-refractivity contribution is 5.76. The van der Waals surface area contributed by atoms with Gasteiger partial charge in [-0.3, -0.25) is 9.69 Å². The van der Waals surface area contributed by atoms with Crippen LogP contribution >= 0.6 is 0 Å². The van der Waals surface area contributed by atoms with Crippen LogP contribution in [0.4, 0.5) is 0 Å². The van der Waals surface area contributed by atoms with Gasteiger partial charge in [-0.25, -0.2) is 0 Å². The monoisotopic (exact) mass is 225 g/mol. The Hall–Kier alpha value is -0.610. The van der Waals surface area contributed by atoms with Crippen molar-refractivity contribution in [1.29, 1.82) is 0 Å². The van der Waals surface area contributed by atoms with Crippen LogP contribution in [0.5, 0.6) is 0 Å². The first-order valence-corrected chi connectivity index (χ1v) is 6.48. The molecule has 2 rings (SSSR count). The summed E-state index contributed by atoms with van der Waals surface area (Å²) >= 11 is 0. The zero-order chi connectivity index (χ0) is 11.5. The van der Waals surface area contributed by atoms with Crippen LogP contribution in [0.25, 0.3) is 0 Å². The number of piperazine rings is 1. The van der Waals surface area contributed by atoms with E-state index < -0.39 is 0 Å². The lowest BCUT2D eigenvalue weighted by Gasteiger charge is -2.35. The number of amides is 1. The Balaban J connectivity index is 1.72. The molecule has 1 amide bonds. The van der Waals surface area contributed by atoms with E-state index in [9.17, 15) is 4.79 Å².